The van der Waals surface area contributed by atoms with Crippen LogP contribution in [-0.2, 0) is 9.47 Å². The number of aliphatic hydroxyl groups is 1. The van der Waals surface area contributed by atoms with Crippen LogP contribution in [0.1, 0.15) is 33.6 Å². The topological polar surface area (TPSA) is 64.7 Å². The summed E-state index contributed by atoms with van der Waals surface area (Å²) in [4.78, 5) is 0. The molecule has 1 saturated heterocycles. The van der Waals surface area contributed by atoms with Gasteiger partial charge in [-0.15, -0.1) is 0 Å². The summed E-state index contributed by atoms with van der Waals surface area (Å²) in [6.45, 7) is 6.17. The lowest BCUT2D eigenvalue weighted by Crippen LogP contribution is -2.39. The molecule has 0 amide bonds. The van der Waals surface area contributed by atoms with Crippen molar-refractivity contribution in [2.75, 3.05) is 6.61 Å². The van der Waals surface area contributed by atoms with Gasteiger partial charge in [0.25, 0.3) is 0 Å². The van der Waals surface area contributed by atoms with Gasteiger partial charge < -0.3 is 20.3 Å². The van der Waals surface area contributed by atoms with E-state index in [0.29, 0.717) is 12.7 Å². The van der Waals surface area contributed by atoms with Crippen molar-refractivity contribution >= 4 is 0 Å². The Bertz CT molecular complexity index is 187. The molecule has 0 aromatic rings. The molecule has 3 N–H and O–H groups in total. The van der Waals surface area contributed by atoms with Crippen LogP contribution in [0.3, 0.4) is 0 Å². The van der Waals surface area contributed by atoms with E-state index in [1.807, 2.05) is 13.8 Å². The minimum atomic E-state index is -0.396. The highest BCUT2D eigenvalue weighted by atomic mass is 16.7. The van der Waals surface area contributed by atoms with Crippen LogP contribution in [-0.4, -0.2) is 36.3 Å². The molecule has 1 fully saturated rings. The predicted molar refractivity (Wildman–Crippen MR) is 58.3 cm³/mol. The maximum absolute atomic E-state index is 9.36. The zero-order valence-corrected chi connectivity index (χ0v) is 9.85. The van der Waals surface area contributed by atoms with E-state index >= 15 is 0 Å². The quantitative estimate of drug-likeness (QED) is 0.717. The Balaban J connectivity index is 2.19. The number of rotatable bonds is 5. The van der Waals surface area contributed by atoms with Gasteiger partial charge >= 0.3 is 0 Å². The standard InChI is InChI=1S/C11H23NO3/c1-7-4-5-11(15-7)14-6-10(12)8(2)9(3)13/h7-11,13H,4-6,12H2,1-3H3. The average Bonchev–Trinajstić information content (AvgIpc) is 2.59. The second-order valence-corrected chi connectivity index (χ2v) is 4.55. The first-order chi connectivity index (χ1) is 7.00. The molecule has 0 spiro atoms. The van der Waals surface area contributed by atoms with Gasteiger partial charge in [-0.2, -0.15) is 0 Å². The van der Waals surface area contributed by atoms with Gasteiger partial charge in [0.15, 0.2) is 6.29 Å². The minimum Gasteiger partial charge on any atom is -0.393 e. The van der Waals surface area contributed by atoms with Gasteiger partial charge in [0.1, 0.15) is 0 Å². The van der Waals surface area contributed by atoms with Crippen LogP contribution in [0.15, 0.2) is 0 Å². The van der Waals surface area contributed by atoms with E-state index in [2.05, 4.69) is 0 Å². The molecule has 1 aliphatic rings. The Morgan fingerprint density at radius 1 is 1.47 bits per heavy atom. The zero-order chi connectivity index (χ0) is 11.4. The third kappa shape index (κ3) is 4.07. The van der Waals surface area contributed by atoms with Gasteiger partial charge in [-0.3, -0.25) is 0 Å². The summed E-state index contributed by atoms with van der Waals surface area (Å²) in [6, 6.07) is -0.135. The molecular formula is C11H23NO3. The van der Waals surface area contributed by atoms with Gasteiger partial charge in [-0.05, 0) is 26.2 Å². The fourth-order valence-electron chi connectivity index (χ4n) is 1.62. The Kier molecular flexibility index (Phi) is 4.99. The Hall–Kier alpha value is -0.160. The third-order valence-electron chi connectivity index (χ3n) is 3.10. The summed E-state index contributed by atoms with van der Waals surface area (Å²) >= 11 is 0. The summed E-state index contributed by atoms with van der Waals surface area (Å²) in [5, 5.41) is 9.36. The van der Waals surface area contributed by atoms with E-state index in [9.17, 15) is 5.11 Å². The van der Waals surface area contributed by atoms with Gasteiger partial charge in [0, 0.05) is 12.5 Å². The number of hydrogen-bond acceptors (Lipinski definition) is 4. The Labute approximate surface area is 91.7 Å². The summed E-state index contributed by atoms with van der Waals surface area (Å²) in [6.07, 6.45) is 1.78. The van der Waals surface area contributed by atoms with Crippen molar-refractivity contribution < 1.29 is 14.6 Å². The SMILES string of the molecule is CC1CCC(OCC(N)C(C)C(C)O)O1. The number of nitrogens with two attached hydrogens (primary N) is 1. The second kappa shape index (κ2) is 5.80. The fourth-order valence-corrected chi connectivity index (χ4v) is 1.62. The largest absolute Gasteiger partial charge is 0.393 e. The highest BCUT2D eigenvalue weighted by molar-refractivity contribution is 4.73. The highest BCUT2D eigenvalue weighted by Crippen LogP contribution is 2.20. The molecule has 0 bridgehead atoms. The molecule has 90 valence electrons. The van der Waals surface area contributed by atoms with Crippen molar-refractivity contribution in [2.45, 2.75) is 58.2 Å². The van der Waals surface area contributed by atoms with Crippen LogP contribution in [0.2, 0.25) is 0 Å². The van der Waals surface area contributed by atoms with E-state index in [1.54, 1.807) is 6.92 Å². The van der Waals surface area contributed by atoms with E-state index in [1.165, 1.54) is 0 Å². The fraction of sp³-hybridized carbons (Fsp3) is 1.00. The van der Waals surface area contributed by atoms with Crippen LogP contribution >= 0.6 is 0 Å². The smallest absolute Gasteiger partial charge is 0.158 e. The van der Waals surface area contributed by atoms with E-state index < -0.39 is 6.10 Å². The molecule has 15 heavy (non-hydrogen) atoms. The lowest BCUT2D eigenvalue weighted by Gasteiger charge is -2.23. The number of hydrogen-bond donors (Lipinski definition) is 2. The number of aliphatic hydroxyl groups excluding tert-OH is 1. The molecule has 0 radical (unpaired) electrons. The van der Waals surface area contributed by atoms with E-state index in [-0.39, 0.29) is 18.2 Å². The van der Waals surface area contributed by atoms with Crippen LogP contribution in [0.25, 0.3) is 0 Å². The monoisotopic (exact) mass is 217 g/mol. The first-order valence-corrected chi connectivity index (χ1v) is 5.71. The summed E-state index contributed by atoms with van der Waals surface area (Å²) < 4.78 is 11.1. The molecule has 4 nitrogen and oxygen atoms in total. The molecule has 5 atom stereocenters. The lowest BCUT2D eigenvalue weighted by atomic mass is 9.98. The van der Waals surface area contributed by atoms with Crippen molar-refractivity contribution in [3.63, 3.8) is 0 Å². The Morgan fingerprint density at radius 2 is 2.13 bits per heavy atom. The van der Waals surface area contributed by atoms with Gasteiger partial charge in [-0.1, -0.05) is 6.92 Å². The van der Waals surface area contributed by atoms with Crippen LogP contribution in [0.4, 0.5) is 0 Å². The van der Waals surface area contributed by atoms with Crippen LogP contribution < -0.4 is 5.73 Å². The molecule has 5 unspecified atom stereocenters. The molecule has 0 aliphatic carbocycles. The summed E-state index contributed by atoms with van der Waals surface area (Å²) in [5.74, 6) is 0.0452. The molecule has 4 heteroatoms. The minimum absolute atomic E-state index is 0.0452. The molecule has 0 saturated carbocycles. The summed E-state index contributed by atoms with van der Waals surface area (Å²) in [7, 11) is 0. The van der Waals surface area contributed by atoms with Crippen LogP contribution in [0, 0.1) is 5.92 Å². The average molecular weight is 217 g/mol. The Morgan fingerprint density at radius 3 is 2.60 bits per heavy atom. The lowest BCUT2D eigenvalue weighted by molar-refractivity contribution is -0.136. The van der Waals surface area contributed by atoms with Gasteiger partial charge in [0.2, 0.25) is 0 Å². The van der Waals surface area contributed by atoms with E-state index in [0.717, 1.165) is 12.8 Å². The molecular weight excluding hydrogens is 194 g/mol. The molecule has 1 heterocycles. The maximum Gasteiger partial charge on any atom is 0.158 e. The third-order valence-corrected chi connectivity index (χ3v) is 3.10. The molecule has 0 aromatic carbocycles. The summed E-state index contributed by atoms with van der Waals surface area (Å²) in [5.41, 5.74) is 5.89. The normalized spacial score (nSPS) is 32.6. The van der Waals surface area contributed by atoms with Gasteiger partial charge in [-0.25, -0.2) is 0 Å². The number of ether oxygens (including phenoxy) is 2. The zero-order valence-electron chi connectivity index (χ0n) is 9.85. The molecule has 1 aliphatic heterocycles. The second-order valence-electron chi connectivity index (χ2n) is 4.55. The van der Waals surface area contributed by atoms with Crippen molar-refractivity contribution in [2.24, 2.45) is 11.7 Å². The van der Waals surface area contributed by atoms with Gasteiger partial charge in [0.05, 0.1) is 18.8 Å². The predicted octanol–water partition coefficient (Wildman–Crippen LogP) is 0.872. The van der Waals surface area contributed by atoms with Crippen LogP contribution in [0.5, 0.6) is 0 Å². The van der Waals surface area contributed by atoms with Crippen molar-refractivity contribution in [3.05, 3.63) is 0 Å². The molecule has 1 rings (SSSR count). The maximum atomic E-state index is 9.36. The van der Waals surface area contributed by atoms with Crippen molar-refractivity contribution in [1.82, 2.24) is 0 Å². The van der Waals surface area contributed by atoms with E-state index in [4.69, 9.17) is 15.2 Å². The van der Waals surface area contributed by atoms with Crippen molar-refractivity contribution in [3.8, 4) is 0 Å². The van der Waals surface area contributed by atoms with Crippen molar-refractivity contribution in [1.29, 1.82) is 0 Å². The first-order valence-electron chi connectivity index (χ1n) is 5.71. The highest BCUT2D eigenvalue weighted by Gasteiger charge is 2.24. The molecule has 0 aromatic heterocycles. The first kappa shape index (κ1) is 12.9.